The van der Waals surface area contributed by atoms with Crippen molar-refractivity contribution in [3.05, 3.63) is 84.1 Å². The van der Waals surface area contributed by atoms with Gasteiger partial charge in [-0.05, 0) is 97.2 Å². The molecule has 0 fully saturated rings. The van der Waals surface area contributed by atoms with Crippen LogP contribution in [0.1, 0.15) is 66.5 Å². The number of alkyl carbamates (subject to hydrolysis) is 1. The largest absolute Gasteiger partial charge is 0.481 e. The Bertz CT molecular complexity index is 1550. The van der Waals surface area contributed by atoms with E-state index in [0.29, 0.717) is 5.75 Å². The first-order valence-corrected chi connectivity index (χ1v) is 18.7. The lowest BCUT2D eigenvalue weighted by Gasteiger charge is -2.31. The summed E-state index contributed by atoms with van der Waals surface area (Å²) in [7, 11) is -3.41. The number of hydrogen-bond acceptors (Lipinski definition) is 11. The highest BCUT2D eigenvalue weighted by molar-refractivity contribution is 7.53. The normalized spacial score (nSPS) is 13.3. The Kier molecular flexibility index (Phi) is 15.4. The van der Waals surface area contributed by atoms with Crippen molar-refractivity contribution < 1.29 is 42.5 Å². The van der Waals surface area contributed by atoms with Gasteiger partial charge in [-0.25, -0.2) is 14.6 Å². The van der Waals surface area contributed by atoms with Gasteiger partial charge in [0.2, 0.25) is 0 Å². The fraction of sp³-hybridized carbons (Fsp3) is 0.486. The topological polar surface area (TPSA) is 158 Å². The average Bonchev–Trinajstić information content (AvgIpc) is 3.03. The van der Waals surface area contributed by atoms with Crippen LogP contribution in [0.15, 0.2) is 72.9 Å². The van der Waals surface area contributed by atoms with Crippen molar-refractivity contribution in [2.75, 3.05) is 26.1 Å². The van der Waals surface area contributed by atoms with Crippen LogP contribution in [0.2, 0.25) is 0 Å². The zero-order chi connectivity index (χ0) is 37.7. The molecule has 280 valence electrons. The molecule has 3 aromatic rings. The van der Waals surface area contributed by atoms with Crippen LogP contribution in [0.25, 0.3) is 11.3 Å². The minimum atomic E-state index is -3.41. The number of carbonyl (C=O) groups is 2. The number of aliphatic hydroxyl groups is 1. The number of nitrogens with zero attached hydrogens (tertiary/aromatic N) is 2. The predicted molar refractivity (Wildman–Crippen MR) is 195 cm³/mol. The van der Waals surface area contributed by atoms with Crippen LogP contribution in [-0.4, -0.2) is 76.7 Å². The number of aliphatic hydroxyl groups excluding tert-OH is 1. The number of amides is 2. The lowest BCUT2D eigenvalue weighted by Crippen LogP contribution is -2.54. The molecule has 0 aliphatic heterocycles. The van der Waals surface area contributed by atoms with Crippen LogP contribution in [0.4, 0.5) is 9.59 Å². The predicted octanol–water partition coefficient (Wildman–Crippen LogP) is 7.09. The summed E-state index contributed by atoms with van der Waals surface area (Å²) in [5, 5.41) is 16.0. The first-order chi connectivity index (χ1) is 24.0. The summed E-state index contributed by atoms with van der Waals surface area (Å²) in [6.45, 7) is 14.6. The minimum Gasteiger partial charge on any atom is -0.481 e. The summed E-state index contributed by atoms with van der Waals surface area (Å²) in [5.41, 5.74) is 4.61. The van der Waals surface area contributed by atoms with Crippen molar-refractivity contribution in [3.63, 3.8) is 0 Å². The van der Waals surface area contributed by atoms with Gasteiger partial charge in [0.25, 0.3) is 0 Å². The highest BCUT2D eigenvalue weighted by Gasteiger charge is 2.29. The Balaban J connectivity index is 1.81. The number of aromatic nitrogens is 1. The second-order valence-electron chi connectivity index (χ2n) is 13.8. The molecule has 3 N–H and O–H groups in total. The van der Waals surface area contributed by atoms with E-state index in [9.17, 15) is 19.3 Å². The molecule has 0 saturated carbocycles. The number of carbonyl (C=O) groups excluding carboxylic acids is 2. The van der Waals surface area contributed by atoms with Crippen LogP contribution < -0.4 is 15.5 Å². The Morgan fingerprint density at radius 2 is 1.43 bits per heavy atom. The number of hydrogen-bond donors (Lipinski definition) is 3. The van der Waals surface area contributed by atoms with Crippen molar-refractivity contribution in [3.8, 4) is 17.0 Å². The zero-order valence-corrected chi connectivity index (χ0v) is 31.8. The molecule has 2 amide bonds. The molecule has 0 unspecified atom stereocenters. The number of ether oxygens (including phenoxy) is 3. The molecule has 14 heteroatoms. The van der Waals surface area contributed by atoms with Gasteiger partial charge in [-0.2, -0.15) is 0 Å². The Morgan fingerprint density at radius 3 is 1.98 bits per heavy atom. The second kappa shape index (κ2) is 19.0. The third-order valence-corrected chi connectivity index (χ3v) is 8.68. The van der Waals surface area contributed by atoms with Crippen LogP contribution in [0.3, 0.4) is 0 Å². The first kappa shape index (κ1) is 41.4. The molecule has 2 aromatic carbocycles. The van der Waals surface area contributed by atoms with Gasteiger partial charge in [0.15, 0.2) is 6.35 Å². The number of pyridine rings is 1. The van der Waals surface area contributed by atoms with Crippen molar-refractivity contribution in [1.82, 2.24) is 20.7 Å². The van der Waals surface area contributed by atoms with Gasteiger partial charge < -0.3 is 33.7 Å². The van der Waals surface area contributed by atoms with Crippen LogP contribution in [0, 0.1) is 0 Å². The summed E-state index contributed by atoms with van der Waals surface area (Å²) < 4.78 is 40.1. The standard InChI is InChI=1S/C37H53N4O9P/c1-9-47-51(45,48-10-2)26-46-30-20-16-27(17-21-30)23-32(39-34(43)49-36(3,4)5)33(42)25-41(40-35(44)50-37(6,7)8)24-28-14-18-29(19-15-28)31-13-11-12-22-38-31/h11-22,32-33,42H,9-10,23-26H2,1-8H3,(H,39,43)(H,40,44)/t32-,33-/m0/s1. The number of rotatable bonds is 17. The molecule has 51 heavy (non-hydrogen) atoms. The van der Waals surface area contributed by atoms with Gasteiger partial charge in [-0.1, -0.05) is 42.5 Å². The molecule has 13 nitrogen and oxygen atoms in total. The maximum atomic E-state index is 12.9. The summed E-state index contributed by atoms with van der Waals surface area (Å²) in [6, 6.07) is 19.5. The fourth-order valence-electron chi connectivity index (χ4n) is 4.84. The molecule has 0 radical (unpaired) electrons. The van der Waals surface area contributed by atoms with E-state index < -0.39 is 43.1 Å². The molecular formula is C37H53N4O9P. The third-order valence-electron chi connectivity index (χ3n) is 6.93. The fourth-order valence-corrected chi connectivity index (χ4v) is 6.16. The quantitative estimate of drug-likeness (QED) is 0.0963. The molecular weight excluding hydrogens is 675 g/mol. The molecule has 1 aromatic heterocycles. The van der Waals surface area contributed by atoms with E-state index in [1.807, 2.05) is 42.5 Å². The molecule has 3 rings (SSSR count). The maximum absolute atomic E-state index is 12.9. The molecule has 0 saturated heterocycles. The highest BCUT2D eigenvalue weighted by atomic mass is 31.2. The minimum absolute atomic E-state index is 0.0764. The second-order valence-corrected chi connectivity index (χ2v) is 15.8. The Hall–Kier alpha value is -4.00. The van der Waals surface area contributed by atoms with E-state index in [4.69, 9.17) is 23.3 Å². The lowest BCUT2D eigenvalue weighted by molar-refractivity contribution is 0.0106. The van der Waals surface area contributed by atoms with Crippen molar-refractivity contribution in [1.29, 1.82) is 0 Å². The maximum Gasteiger partial charge on any atom is 0.422 e. The lowest BCUT2D eigenvalue weighted by atomic mass is 10.0. The number of benzene rings is 2. The molecule has 0 spiro atoms. The van der Waals surface area contributed by atoms with E-state index >= 15 is 0 Å². The SMILES string of the molecule is CCOP(=O)(COc1ccc(C[C@H](NC(=O)OC(C)(C)C)[C@@H](O)CN(Cc2ccc(-c3ccccn3)cc2)NC(=O)OC(C)(C)C)cc1)OCC. The summed E-state index contributed by atoms with van der Waals surface area (Å²) in [5.74, 6) is 0.442. The van der Waals surface area contributed by atoms with E-state index in [0.717, 1.165) is 22.4 Å². The van der Waals surface area contributed by atoms with Crippen LogP contribution in [0.5, 0.6) is 5.75 Å². The van der Waals surface area contributed by atoms with Gasteiger partial charge in [0, 0.05) is 24.8 Å². The van der Waals surface area contributed by atoms with Gasteiger partial charge in [0.1, 0.15) is 17.0 Å². The monoisotopic (exact) mass is 728 g/mol. The summed E-state index contributed by atoms with van der Waals surface area (Å²) >= 11 is 0. The first-order valence-electron chi connectivity index (χ1n) is 17.0. The molecule has 0 aliphatic carbocycles. The molecule has 1 heterocycles. The zero-order valence-electron chi connectivity index (χ0n) is 30.9. The summed E-state index contributed by atoms with van der Waals surface area (Å²) in [6.07, 6.45) is -0.888. The Labute approximate surface area is 301 Å². The number of hydrazine groups is 1. The van der Waals surface area contributed by atoms with Crippen molar-refractivity contribution in [2.24, 2.45) is 0 Å². The van der Waals surface area contributed by atoms with E-state index in [2.05, 4.69) is 15.7 Å². The van der Waals surface area contributed by atoms with Gasteiger partial charge in [-0.3, -0.25) is 15.0 Å². The molecule has 0 aliphatic rings. The van der Waals surface area contributed by atoms with E-state index in [1.165, 1.54) is 0 Å². The van der Waals surface area contributed by atoms with Gasteiger partial charge in [-0.15, -0.1) is 0 Å². The molecule has 2 atom stereocenters. The summed E-state index contributed by atoms with van der Waals surface area (Å²) in [4.78, 5) is 30.2. The smallest absolute Gasteiger partial charge is 0.422 e. The third kappa shape index (κ3) is 15.4. The molecule has 0 bridgehead atoms. The van der Waals surface area contributed by atoms with Crippen molar-refractivity contribution >= 4 is 19.8 Å². The van der Waals surface area contributed by atoms with Gasteiger partial charge in [0.05, 0.1) is 31.1 Å². The van der Waals surface area contributed by atoms with E-state index in [-0.39, 0.29) is 39.1 Å². The van der Waals surface area contributed by atoms with E-state index in [1.54, 1.807) is 90.9 Å². The number of nitrogens with one attached hydrogen (secondary N) is 2. The van der Waals surface area contributed by atoms with Crippen molar-refractivity contribution in [2.45, 2.75) is 91.7 Å². The van der Waals surface area contributed by atoms with Crippen LogP contribution >= 0.6 is 7.60 Å². The van der Waals surface area contributed by atoms with Gasteiger partial charge >= 0.3 is 19.8 Å². The highest BCUT2D eigenvalue weighted by Crippen LogP contribution is 2.47. The average molecular weight is 729 g/mol. The van der Waals surface area contributed by atoms with Crippen LogP contribution in [-0.2, 0) is 36.1 Å². The Morgan fingerprint density at radius 1 is 0.843 bits per heavy atom.